The van der Waals surface area contributed by atoms with Crippen LogP contribution in [0, 0.1) is 0 Å². The Hall–Kier alpha value is -2.01. The monoisotopic (exact) mass is 348 g/mol. The molecule has 0 amide bonds. The van der Waals surface area contributed by atoms with Gasteiger partial charge in [0.15, 0.2) is 0 Å². The summed E-state index contributed by atoms with van der Waals surface area (Å²) in [7, 11) is 0. The van der Waals surface area contributed by atoms with Crippen LogP contribution in [0.15, 0.2) is 48.5 Å². The average Bonchev–Trinajstić information content (AvgIpc) is 3.36. The van der Waals surface area contributed by atoms with E-state index in [2.05, 4.69) is 0 Å². The SMILES string of the molecule is FC(F)(F)c1ccc(OCc2ccccc2)c(C23CCCCC2O3)c1. The summed E-state index contributed by atoms with van der Waals surface area (Å²) >= 11 is 0. The maximum Gasteiger partial charge on any atom is 0.416 e. The van der Waals surface area contributed by atoms with Crippen LogP contribution < -0.4 is 4.74 Å². The first kappa shape index (κ1) is 16.5. The predicted molar refractivity (Wildman–Crippen MR) is 87.2 cm³/mol. The van der Waals surface area contributed by atoms with Crippen LogP contribution in [0.1, 0.15) is 42.4 Å². The summed E-state index contributed by atoms with van der Waals surface area (Å²) in [5, 5.41) is 0. The molecule has 2 unspecified atom stereocenters. The zero-order valence-corrected chi connectivity index (χ0v) is 13.7. The van der Waals surface area contributed by atoms with Crippen LogP contribution in [-0.2, 0) is 23.1 Å². The quantitative estimate of drug-likeness (QED) is 0.685. The Morgan fingerprint density at radius 2 is 1.88 bits per heavy atom. The molecule has 4 rings (SSSR count). The fourth-order valence-electron chi connectivity index (χ4n) is 3.72. The molecule has 1 aliphatic carbocycles. The van der Waals surface area contributed by atoms with Gasteiger partial charge in [0.25, 0.3) is 0 Å². The maximum atomic E-state index is 13.2. The summed E-state index contributed by atoms with van der Waals surface area (Å²) in [6.45, 7) is 0.319. The van der Waals surface area contributed by atoms with Crippen molar-refractivity contribution in [2.24, 2.45) is 0 Å². The summed E-state index contributed by atoms with van der Waals surface area (Å²) in [5.41, 5.74) is 0.278. The van der Waals surface area contributed by atoms with Gasteiger partial charge in [-0.25, -0.2) is 0 Å². The highest BCUT2D eigenvalue weighted by atomic mass is 19.4. The molecule has 2 atom stereocenters. The highest BCUT2D eigenvalue weighted by molar-refractivity contribution is 5.46. The van der Waals surface area contributed by atoms with Crippen molar-refractivity contribution in [2.75, 3.05) is 0 Å². The van der Waals surface area contributed by atoms with E-state index in [4.69, 9.17) is 9.47 Å². The highest BCUT2D eigenvalue weighted by Gasteiger charge is 2.59. The Kier molecular flexibility index (Phi) is 3.99. The van der Waals surface area contributed by atoms with E-state index in [1.165, 1.54) is 12.1 Å². The van der Waals surface area contributed by atoms with Crippen molar-refractivity contribution < 1.29 is 22.6 Å². The third kappa shape index (κ3) is 3.13. The van der Waals surface area contributed by atoms with Gasteiger partial charge in [0, 0.05) is 5.56 Å². The molecule has 1 saturated heterocycles. The normalized spacial score (nSPS) is 25.3. The summed E-state index contributed by atoms with van der Waals surface area (Å²) in [5.74, 6) is 0.487. The van der Waals surface area contributed by atoms with Crippen molar-refractivity contribution in [3.63, 3.8) is 0 Å². The van der Waals surface area contributed by atoms with Gasteiger partial charge in [0.1, 0.15) is 18.0 Å². The van der Waals surface area contributed by atoms with E-state index in [1.807, 2.05) is 30.3 Å². The zero-order chi connectivity index (χ0) is 17.5. The van der Waals surface area contributed by atoms with E-state index in [9.17, 15) is 13.2 Å². The van der Waals surface area contributed by atoms with E-state index in [0.29, 0.717) is 17.9 Å². The van der Waals surface area contributed by atoms with E-state index in [-0.39, 0.29) is 6.10 Å². The van der Waals surface area contributed by atoms with Gasteiger partial charge in [0.2, 0.25) is 0 Å². The van der Waals surface area contributed by atoms with Crippen molar-refractivity contribution in [2.45, 2.75) is 50.2 Å². The summed E-state index contributed by atoms with van der Waals surface area (Å²) < 4.78 is 51.3. The lowest BCUT2D eigenvalue weighted by atomic mass is 9.82. The summed E-state index contributed by atoms with van der Waals surface area (Å²) in [6.07, 6.45) is -0.683. The molecule has 0 spiro atoms. The van der Waals surface area contributed by atoms with E-state index < -0.39 is 17.3 Å². The Bertz CT molecular complexity index is 757. The molecule has 2 fully saturated rings. The minimum absolute atomic E-state index is 0.0174. The van der Waals surface area contributed by atoms with E-state index >= 15 is 0 Å². The van der Waals surface area contributed by atoms with E-state index in [1.54, 1.807) is 0 Å². The van der Waals surface area contributed by atoms with Crippen LogP contribution >= 0.6 is 0 Å². The smallest absolute Gasteiger partial charge is 0.416 e. The Morgan fingerprint density at radius 1 is 1.08 bits per heavy atom. The van der Waals surface area contributed by atoms with Gasteiger partial charge < -0.3 is 9.47 Å². The second-order valence-corrected chi connectivity index (χ2v) is 6.72. The van der Waals surface area contributed by atoms with Crippen LogP contribution in [0.3, 0.4) is 0 Å². The Balaban J connectivity index is 1.66. The molecule has 0 N–H and O–H groups in total. The van der Waals surface area contributed by atoms with E-state index in [0.717, 1.165) is 37.3 Å². The van der Waals surface area contributed by atoms with Gasteiger partial charge in [-0.1, -0.05) is 43.2 Å². The summed E-state index contributed by atoms with van der Waals surface area (Å²) in [4.78, 5) is 0. The molecule has 0 bridgehead atoms. The van der Waals surface area contributed by atoms with Crippen molar-refractivity contribution in [3.8, 4) is 5.75 Å². The van der Waals surface area contributed by atoms with Gasteiger partial charge in [-0.2, -0.15) is 13.2 Å². The highest BCUT2D eigenvalue weighted by Crippen LogP contribution is 2.58. The lowest BCUT2D eigenvalue weighted by molar-refractivity contribution is -0.137. The van der Waals surface area contributed by atoms with Gasteiger partial charge >= 0.3 is 6.18 Å². The number of alkyl halides is 3. The number of epoxide rings is 1. The predicted octanol–water partition coefficient (Wildman–Crippen LogP) is 5.45. The minimum atomic E-state index is -4.37. The zero-order valence-electron chi connectivity index (χ0n) is 13.7. The third-order valence-corrected chi connectivity index (χ3v) is 5.08. The van der Waals surface area contributed by atoms with Crippen LogP contribution in [0.4, 0.5) is 13.2 Å². The molecular formula is C20H19F3O2. The van der Waals surface area contributed by atoms with Gasteiger partial charge in [-0.05, 0) is 36.6 Å². The number of fused-ring (bicyclic) bond motifs is 1. The largest absolute Gasteiger partial charge is 0.489 e. The van der Waals surface area contributed by atoms with Gasteiger partial charge in [-0.15, -0.1) is 0 Å². The van der Waals surface area contributed by atoms with Crippen molar-refractivity contribution in [1.29, 1.82) is 0 Å². The molecule has 2 aromatic carbocycles. The van der Waals surface area contributed by atoms with Crippen LogP contribution in [0.5, 0.6) is 5.75 Å². The number of halogens is 3. The molecule has 0 aromatic heterocycles. The van der Waals surface area contributed by atoms with Crippen LogP contribution in [0.25, 0.3) is 0 Å². The first-order chi connectivity index (χ1) is 12.0. The third-order valence-electron chi connectivity index (χ3n) is 5.08. The Labute approximate surface area is 144 Å². The molecule has 25 heavy (non-hydrogen) atoms. The van der Waals surface area contributed by atoms with Gasteiger partial charge in [0.05, 0.1) is 11.7 Å². The van der Waals surface area contributed by atoms with Gasteiger partial charge in [-0.3, -0.25) is 0 Å². The molecule has 1 aliphatic heterocycles. The molecule has 5 heteroatoms. The number of ether oxygens (including phenoxy) is 2. The number of hydrogen-bond acceptors (Lipinski definition) is 2. The number of rotatable bonds is 4. The molecule has 1 heterocycles. The lowest BCUT2D eigenvalue weighted by Gasteiger charge is -2.22. The van der Waals surface area contributed by atoms with Crippen molar-refractivity contribution in [3.05, 3.63) is 65.2 Å². The first-order valence-electron chi connectivity index (χ1n) is 8.55. The second-order valence-electron chi connectivity index (χ2n) is 6.72. The fourth-order valence-corrected chi connectivity index (χ4v) is 3.72. The first-order valence-corrected chi connectivity index (χ1v) is 8.55. The fraction of sp³-hybridized carbons (Fsp3) is 0.400. The number of hydrogen-bond donors (Lipinski definition) is 0. The lowest BCUT2D eigenvalue weighted by Crippen LogP contribution is -2.19. The average molecular weight is 348 g/mol. The maximum absolute atomic E-state index is 13.2. The topological polar surface area (TPSA) is 21.8 Å². The summed E-state index contributed by atoms with van der Waals surface area (Å²) in [6, 6.07) is 13.3. The van der Waals surface area contributed by atoms with Crippen molar-refractivity contribution in [1.82, 2.24) is 0 Å². The minimum Gasteiger partial charge on any atom is -0.489 e. The molecule has 0 radical (unpaired) electrons. The molecule has 132 valence electrons. The molecule has 2 nitrogen and oxygen atoms in total. The molecular weight excluding hydrogens is 329 g/mol. The number of benzene rings is 2. The molecule has 2 aliphatic rings. The molecule has 2 aromatic rings. The Morgan fingerprint density at radius 3 is 2.60 bits per heavy atom. The van der Waals surface area contributed by atoms with Crippen molar-refractivity contribution >= 4 is 0 Å². The van der Waals surface area contributed by atoms with Crippen LogP contribution in [0.2, 0.25) is 0 Å². The van der Waals surface area contributed by atoms with Crippen LogP contribution in [-0.4, -0.2) is 6.10 Å². The second kappa shape index (κ2) is 6.06. The molecule has 1 saturated carbocycles. The standard InChI is InChI=1S/C20H19F3O2/c21-20(22,23)15-9-10-17(24-13-14-6-2-1-3-7-14)16(12-15)19-11-5-4-8-18(19)25-19/h1-3,6-7,9-10,12,18H,4-5,8,11,13H2.